The second-order valence-electron chi connectivity index (χ2n) is 2.43. The smallest absolute Gasteiger partial charge is 0.101 e. The lowest BCUT2D eigenvalue weighted by Crippen LogP contribution is -2.10. The second-order valence-corrected chi connectivity index (χ2v) is 2.43. The molecule has 1 aromatic heterocycles. The number of aliphatic hydroxyl groups is 1. The van der Waals surface area contributed by atoms with Gasteiger partial charge in [-0.05, 0) is 0 Å². The minimum Gasteiger partial charge on any atom is -0.387 e. The van der Waals surface area contributed by atoms with Crippen LogP contribution in [0.15, 0.2) is 12.4 Å². The molecule has 0 saturated heterocycles. The van der Waals surface area contributed by atoms with Gasteiger partial charge in [0.15, 0.2) is 0 Å². The maximum absolute atomic E-state index is 9.28. The summed E-state index contributed by atoms with van der Waals surface area (Å²) in [5.74, 6) is 2.44. The molecule has 4 heteroatoms. The van der Waals surface area contributed by atoms with Crippen molar-refractivity contribution in [2.75, 3.05) is 6.54 Å². The maximum Gasteiger partial charge on any atom is 0.101 e. The monoisotopic (exact) mass is 165 g/mol. The van der Waals surface area contributed by atoms with Gasteiger partial charge in [-0.25, -0.2) is 0 Å². The van der Waals surface area contributed by atoms with Crippen molar-refractivity contribution in [3.8, 4) is 12.3 Å². The second kappa shape index (κ2) is 3.90. The van der Waals surface area contributed by atoms with Gasteiger partial charge in [-0.15, -0.1) is 6.42 Å². The fourth-order valence-corrected chi connectivity index (χ4v) is 0.868. The van der Waals surface area contributed by atoms with E-state index in [0.717, 1.165) is 0 Å². The molecule has 0 radical (unpaired) electrons. The molecular formula is C8H11N3O. The zero-order valence-corrected chi connectivity index (χ0v) is 6.64. The van der Waals surface area contributed by atoms with Crippen molar-refractivity contribution in [1.82, 2.24) is 9.78 Å². The molecule has 0 aliphatic carbocycles. The first kappa shape index (κ1) is 8.78. The Morgan fingerprint density at radius 2 is 2.58 bits per heavy atom. The minimum absolute atomic E-state index is 0.196. The first-order valence-corrected chi connectivity index (χ1v) is 3.62. The Morgan fingerprint density at radius 1 is 1.83 bits per heavy atom. The number of hydrogen-bond acceptors (Lipinski definition) is 3. The van der Waals surface area contributed by atoms with Gasteiger partial charge in [-0.2, -0.15) is 5.10 Å². The van der Waals surface area contributed by atoms with Crippen LogP contribution in [0.4, 0.5) is 0 Å². The van der Waals surface area contributed by atoms with Crippen molar-refractivity contribution >= 4 is 0 Å². The fraction of sp³-hybridized carbons (Fsp3) is 0.375. The highest BCUT2D eigenvalue weighted by molar-refractivity contribution is 5.08. The maximum atomic E-state index is 9.28. The van der Waals surface area contributed by atoms with E-state index in [9.17, 15) is 5.11 Å². The van der Waals surface area contributed by atoms with Gasteiger partial charge in [0.2, 0.25) is 0 Å². The summed E-state index contributed by atoms with van der Waals surface area (Å²) in [6.07, 6.45) is 7.69. The van der Waals surface area contributed by atoms with Crippen molar-refractivity contribution in [3.63, 3.8) is 0 Å². The number of rotatable bonds is 3. The molecule has 1 rings (SSSR count). The lowest BCUT2D eigenvalue weighted by molar-refractivity contribution is 0.186. The highest BCUT2D eigenvalue weighted by Crippen LogP contribution is 2.08. The van der Waals surface area contributed by atoms with Gasteiger partial charge in [0.25, 0.3) is 0 Å². The van der Waals surface area contributed by atoms with Crippen molar-refractivity contribution in [2.45, 2.75) is 12.6 Å². The number of nitrogens with zero attached hydrogens (tertiary/aromatic N) is 2. The molecule has 1 unspecified atom stereocenters. The molecule has 0 bridgehead atoms. The molecule has 0 aromatic carbocycles. The third-order valence-electron chi connectivity index (χ3n) is 1.51. The van der Waals surface area contributed by atoms with Crippen molar-refractivity contribution in [2.24, 2.45) is 5.73 Å². The van der Waals surface area contributed by atoms with E-state index in [2.05, 4.69) is 11.0 Å². The Morgan fingerprint density at radius 3 is 3.17 bits per heavy atom. The first-order valence-electron chi connectivity index (χ1n) is 3.62. The fourth-order valence-electron chi connectivity index (χ4n) is 0.868. The van der Waals surface area contributed by atoms with E-state index in [4.69, 9.17) is 12.2 Å². The van der Waals surface area contributed by atoms with E-state index in [0.29, 0.717) is 12.1 Å². The number of nitrogens with two attached hydrogens (primary N) is 1. The standard InChI is InChI=1S/C8H11N3O/c1-2-3-11-6-7(5-10-11)8(12)4-9/h1,5-6,8,12H,3-4,9H2. The summed E-state index contributed by atoms with van der Waals surface area (Å²) in [5, 5.41) is 13.2. The Balaban J connectivity index is 2.71. The lowest BCUT2D eigenvalue weighted by Gasteiger charge is -2.01. The zero-order valence-electron chi connectivity index (χ0n) is 6.64. The van der Waals surface area contributed by atoms with Crippen molar-refractivity contribution in [3.05, 3.63) is 18.0 Å². The average molecular weight is 165 g/mol. The predicted octanol–water partition coefficient (Wildman–Crippen LogP) is -0.492. The molecule has 0 saturated carbocycles. The van der Waals surface area contributed by atoms with Crippen LogP contribution in [0.25, 0.3) is 0 Å². The van der Waals surface area contributed by atoms with Gasteiger partial charge in [0.1, 0.15) is 6.54 Å². The molecule has 3 N–H and O–H groups in total. The van der Waals surface area contributed by atoms with Gasteiger partial charge >= 0.3 is 0 Å². The quantitative estimate of drug-likeness (QED) is 0.594. The SMILES string of the molecule is C#CCn1cc(C(O)CN)cn1. The van der Waals surface area contributed by atoms with Gasteiger partial charge in [0.05, 0.1) is 12.3 Å². The average Bonchev–Trinajstić information content (AvgIpc) is 2.52. The summed E-state index contributed by atoms with van der Waals surface area (Å²) in [6.45, 7) is 0.610. The highest BCUT2D eigenvalue weighted by Gasteiger charge is 2.06. The molecule has 0 amide bonds. The molecule has 1 atom stereocenters. The van der Waals surface area contributed by atoms with E-state index >= 15 is 0 Å². The van der Waals surface area contributed by atoms with Crippen LogP contribution in [0.5, 0.6) is 0 Å². The molecule has 0 fully saturated rings. The van der Waals surface area contributed by atoms with E-state index in [-0.39, 0.29) is 6.54 Å². The highest BCUT2D eigenvalue weighted by atomic mass is 16.3. The Bertz CT molecular complexity index is 287. The van der Waals surface area contributed by atoms with Gasteiger partial charge < -0.3 is 10.8 Å². The van der Waals surface area contributed by atoms with Crippen LogP contribution in [-0.2, 0) is 6.54 Å². The summed E-state index contributed by atoms with van der Waals surface area (Å²) in [6, 6.07) is 0. The third kappa shape index (κ3) is 1.84. The molecule has 12 heavy (non-hydrogen) atoms. The van der Waals surface area contributed by atoms with Crippen LogP contribution >= 0.6 is 0 Å². The number of terminal acetylenes is 1. The molecule has 0 aliphatic heterocycles. The van der Waals surface area contributed by atoms with Crippen LogP contribution in [0.1, 0.15) is 11.7 Å². The van der Waals surface area contributed by atoms with Crippen LogP contribution in [-0.4, -0.2) is 21.4 Å². The molecule has 1 aromatic rings. The van der Waals surface area contributed by atoms with Crippen LogP contribution in [0.2, 0.25) is 0 Å². The Kier molecular flexibility index (Phi) is 2.86. The third-order valence-corrected chi connectivity index (χ3v) is 1.51. The van der Waals surface area contributed by atoms with Crippen LogP contribution < -0.4 is 5.73 Å². The summed E-state index contributed by atoms with van der Waals surface area (Å²) in [5.41, 5.74) is 5.96. The molecular weight excluding hydrogens is 154 g/mol. The molecule has 4 nitrogen and oxygen atoms in total. The zero-order chi connectivity index (χ0) is 8.97. The van der Waals surface area contributed by atoms with Crippen LogP contribution in [0, 0.1) is 12.3 Å². The van der Waals surface area contributed by atoms with Gasteiger partial charge in [0, 0.05) is 18.3 Å². The Hall–Kier alpha value is -1.31. The first-order chi connectivity index (χ1) is 5.77. The Labute approximate surface area is 71.0 Å². The van der Waals surface area contributed by atoms with E-state index in [1.165, 1.54) is 0 Å². The summed E-state index contributed by atoms with van der Waals surface area (Å²) in [4.78, 5) is 0. The summed E-state index contributed by atoms with van der Waals surface area (Å²) in [7, 11) is 0. The number of hydrogen-bond donors (Lipinski definition) is 2. The van der Waals surface area contributed by atoms with E-state index < -0.39 is 6.10 Å². The molecule has 0 aliphatic rings. The number of aliphatic hydroxyl groups excluding tert-OH is 1. The minimum atomic E-state index is -0.642. The molecule has 0 spiro atoms. The topological polar surface area (TPSA) is 64.1 Å². The van der Waals surface area contributed by atoms with Crippen LogP contribution in [0.3, 0.4) is 0 Å². The van der Waals surface area contributed by atoms with Gasteiger partial charge in [-0.3, -0.25) is 4.68 Å². The summed E-state index contributed by atoms with van der Waals surface area (Å²) < 4.78 is 1.58. The van der Waals surface area contributed by atoms with E-state index in [1.807, 2.05) is 0 Å². The molecule has 64 valence electrons. The van der Waals surface area contributed by atoms with E-state index in [1.54, 1.807) is 17.1 Å². The summed E-state index contributed by atoms with van der Waals surface area (Å²) >= 11 is 0. The molecule has 1 heterocycles. The van der Waals surface area contributed by atoms with Crippen molar-refractivity contribution in [1.29, 1.82) is 0 Å². The largest absolute Gasteiger partial charge is 0.387 e. The normalized spacial score (nSPS) is 12.4. The van der Waals surface area contributed by atoms with Crippen molar-refractivity contribution < 1.29 is 5.11 Å². The number of aromatic nitrogens is 2. The predicted molar refractivity (Wildman–Crippen MR) is 45.1 cm³/mol. The van der Waals surface area contributed by atoms with Gasteiger partial charge in [-0.1, -0.05) is 5.92 Å². The lowest BCUT2D eigenvalue weighted by atomic mass is 10.2.